The molecule has 2 rings (SSSR count). The maximum absolute atomic E-state index is 11.7. The first-order chi connectivity index (χ1) is 10.4. The molecule has 0 aromatic heterocycles. The number of nitrogens with zero attached hydrogens (tertiary/aromatic N) is 1. The Morgan fingerprint density at radius 1 is 1.23 bits per heavy atom. The molecule has 0 fully saturated rings. The second kappa shape index (κ2) is 6.05. The lowest BCUT2D eigenvalue weighted by Gasteiger charge is -2.34. The number of carboxylic acid groups (broad SMARTS) is 1. The van der Waals surface area contributed by atoms with Crippen LogP contribution in [0.2, 0.25) is 0 Å². The summed E-state index contributed by atoms with van der Waals surface area (Å²) < 4.78 is 4.72. The van der Waals surface area contributed by atoms with Crippen molar-refractivity contribution in [3.05, 3.63) is 54.4 Å². The molecule has 1 N–H and O–H groups in total. The number of hydrogen-bond acceptors (Lipinski definition) is 3. The molecule has 116 valence electrons. The molecular formula is C17H19NO4. The van der Waals surface area contributed by atoms with Crippen molar-refractivity contribution in [3.63, 3.8) is 0 Å². The SMILES string of the molecule is COC(=O)N1C=CC(C(C)(C)C(=O)O)C(c2ccccc2)=C1. The third-order valence-corrected chi connectivity index (χ3v) is 3.87. The molecule has 1 aromatic carbocycles. The highest BCUT2D eigenvalue weighted by molar-refractivity contribution is 5.83. The summed E-state index contributed by atoms with van der Waals surface area (Å²) in [7, 11) is 1.31. The number of carbonyl (C=O) groups excluding carboxylic acids is 1. The number of methoxy groups -OCH3 is 1. The Bertz CT molecular complexity index is 631. The van der Waals surface area contributed by atoms with E-state index < -0.39 is 17.5 Å². The van der Waals surface area contributed by atoms with Crippen molar-refractivity contribution in [1.82, 2.24) is 4.90 Å². The highest BCUT2D eigenvalue weighted by Gasteiger charge is 2.39. The van der Waals surface area contributed by atoms with Gasteiger partial charge in [-0.05, 0) is 25.0 Å². The minimum absolute atomic E-state index is 0.353. The number of hydrogen-bond donors (Lipinski definition) is 1. The fraction of sp³-hybridized carbons (Fsp3) is 0.294. The van der Waals surface area contributed by atoms with Crippen LogP contribution in [0.3, 0.4) is 0 Å². The molecule has 0 bridgehead atoms. The van der Waals surface area contributed by atoms with Crippen LogP contribution in [0.4, 0.5) is 4.79 Å². The predicted octanol–water partition coefficient (Wildman–Crippen LogP) is 3.35. The van der Waals surface area contributed by atoms with E-state index in [9.17, 15) is 14.7 Å². The van der Waals surface area contributed by atoms with Gasteiger partial charge >= 0.3 is 12.1 Å². The molecule has 5 nitrogen and oxygen atoms in total. The molecule has 1 aliphatic heterocycles. The van der Waals surface area contributed by atoms with Crippen LogP contribution in [0, 0.1) is 11.3 Å². The fourth-order valence-electron chi connectivity index (χ4n) is 2.42. The molecule has 1 aliphatic rings. The minimum atomic E-state index is -1.000. The molecule has 0 saturated heterocycles. The average molecular weight is 301 g/mol. The van der Waals surface area contributed by atoms with Gasteiger partial charge in [0.05, 0.1) is 12.5 Å². The van der Waals surface area contributed by atoms with E-state index in [4.69, 9.17) is 4.74 Å². The molecule has 1 aromatic rings. The zero-order chi connectivity index (χ0) is 16.3. The van der Waals surface area contributed by atoms with Gasteiger partial charge in [0, 0.05) is 18.3 Å². The van der Waals surface area contributed by atoms with Crippen LogP contribution >= 0.6 is 0 Å². The number of benzene rings is 1. The van der Waals surface area contributed by atoms with E-state index in [2.05, 4.69) is 0 Å². The largest absolute Gasteiger partial charge is 0.481 e. The van der Waals surface area contributed by atoms with Gasteiger partial charge in [-0.15, -0.1) is 0 Å². The number of rotatable bonds is 3. The summed E-state index contributed by atoms with van der Waals surface area (Å²) in [5.74, 6) is -1.25. The van der Waals surface area contributed by atoms with E-state index in [1.807, 2.05) is 30.3 Å². The Balaban J connectivity index is 2.49. The van der Waals surface area contributed by atoms with Crippen molar-refractivity contribution < 1.29 is 19.4 Å². The maximum Gasteiger partial charge on any atom is 0.417 e. The van der Waals surface area contributed by atoms with Gasteiger partial charge in [-0.3, -0.25) is 9.69 Å². The third-order valence-electron chi connectivity index (χ3n) is 3.87. The summed E-state index contributed by atoms with van der Waals surface area (Å²) in [6.45, 7) is 3.35. The first-order valence-electron chi connectivity index (χ1n) is 6.93. The van der Waals surface area contributed by atoms with E-state index >= 15 is 0 Å². The van der Waals surface area contributed by atoms with Gasteiger partial charge < -0.3 is 9.84 Å². The van der Waals surface area contributed by atoms with Crippen LogP contribution in [0.15, 0.2) is 48.8 Å². The fourth-order valence-corrected chi connectivity index (χ4v) is 2.42. The van der Waals surface area contributed by atoms with Gasteiger partial charge in [0.15, 0.2) is 0 Å². The summed E-state index contributed by atoms with van der Waals surface area (Å²) in [6, 6.07) is 9.43. The van der Waals surface area contributed by atoms with Crippen molar-refractivity contribution in [2.75, 3.05) is 7.11 Å². The van der Waals surface area contributed by atoms with Crippen LogP contribution in [-0.4, -0.2) is 29.2 Å². The molecule has 0 spiro atoms. The topological polar surface area (TPSA) is 66.8 Å². The molecule has 0 saturated carbocycles. The van der Waals surface area contributed by atoms with Gasteiger partial charge in [-0.1, -0.05) is 36.4 Å². The Hall–Kier alpha value is -2.56. The summed E-state index contributed by atoms with van der Waals surface area (Å²) >= 11 is 0. The number of aliphatic carboxylic acids is 1. The molecule has 5 heteroatoms. The Morgan fingerprint density at radius 3 is 2.41 bits per heavy atom. The number of ether oxygens (including phenoxy) is 1. The quantitative estimate of drug-likeness (QED) is 0.929. The van der Waals surface area contributed by atoms with Crippen molar-refractivity contribution in [3.8, 4) is 0 Å². The molecule has 1 unspecified atom stereocenters. The highest BCUT2D eigenvalue weighted by Crippen LogP contribution is 2.41. The molecular weight excluding hydrogens is 282 g/mol. The van der Waals surface area contributed by atoms with Crippen molar-refractivity contribution in [1.29, 1.82) is 0 Å². The van der Waals surface area contributed by atoms with Crippen molar-refractivity contribution in [2.45, 2.75) is 13.8 Å². The first-order valence-corrected chi connectivity index (χ1v) is 6.93. The Kier molecular flexibility index (Phi) is 4.35. The number of carboxylic acids is 1. The smallest absolute Gasteiger partial charge is 0.417 e. The first kappa shape index (κ1) is 15.8. The molecule has 0 aliphatic carbocycles. The summed E-state index contributed by atoms with van der Waals surface area (Å²) in [5, 5.41) is 9.51. The summed E-state index contributed by atoms with van der Waals surface area (Å²) in [6.07, 6.45) is 4.40. The maximum atomic E-state index is 11.7. The Labute approximate surface area is 129 Å². The van der Waals surface area contributed by atoms with Gasteiger partial charge in [0.2, 0.25) is 0 Å². The van der Waals surface area contributed by atoms with Crippen molar-refractivity contribution in [2.24, 2.45) is 11.3 Å². The number of amides is 1. The van der Waals surface area contributed by atoms with Crippen LogP contribution in [0.1, 0.15) is 19.4 Å². The lowest BCUT2D eigenvalue weighted by Crippen LogP contribution is -2.35. The van der Waals surface area contributed by atoms with Crippen LogP contribution in [0.5, 0.6) is 0 Å². The van der Waals surface area contributed by atoms with E-state index in [-0.39, 0.29) is 5.92 Å². The van der Waals surface area contributed by atoms with Crippen LogP contribution in [0.25, 0.3) is 5.57 Å². The van der Waals surface area contributed by atoms with Gasteiger partial charge in [0.25, 0.3) is 0 Å². The molecule has 22 heavy (non-hydrogen) atoms. The lowest BCUT2D eigenvalue weighted by molar-refractivity contribution is -0.148. The Morgan fingerprint density at radius 2 is 1.86 bits per heavy atom. The van der Waals surface area contributed by atoms with Gasteiger partial charge in [-0.2, -0.15) is 0 Å². The molecule has 1 heterocycles. The third kappa shape index (κ3) is 2.88. The van der Waals surface area contributed by atoms with Crippen LogP contribution in [-0.2, 0) is 9.53 Å². The number of carbonyl (C=O) groups is 2. The zero-order valence-corrected chi connectivity index (χ0v) is 12.8. The normalized spacial score (nSPS) is 17.9. The number of allylic oxidation sites excluding steroid dienone is 2. The summed E-state index contributed by atoms with van der Waals surface area (Å²) in [5.41, 5.74) is 0.640. The van der Waals surface area contributed by atoms with Gasteiger partial charge in [0.1, 0.15) is 0 Å². The molecule has 1 amide bonds. The molecule has 1 atom stereocenters. The summed E-state index contributed by atoms with van der Waals surface area (Å²) in [4.78, 5) is 24.6. The minimum Gasteiger partial charge on any atom is -0.481 e. The molecule has 0 radical (unpaired) electrons. The predicted molar refractivity (Wildman–Crippen MR) is 82.7 cm³/mol. The highest BCUT2D eigenvalue weighted by atomic mass is 16.5. The van der Waals surface area contributed by atoms with Crippen LogP contribution < -0.4 is 0 Å². The van der Waals surface area contributed by atoms with E-state index in [1.54, 1.807) is 32.3 Å². The standard InChI is InChI=1S/C17H19NO4/c1-17(2,15(19)20)14-9-10-18(16(21)22-3)11-13(14)12-7-5-4-6-8-12/h4-11,14H,1-3H3,(H,19,20). The lowest BCUT2D eigenvalue weighted by atomic mass is 9.72. The van der Waals surface area contributed by atoms with E-state index in [1.165, 1.54) is 12.0 Å². The van der Waals surface area contributed by atoms with E-state index in [0.29, 0.717) is 0 Å². The van der Waals surface area contributed by atoms with Crippen molar-refractivity contribution >= 4 is 17.6 Å². The monoisotopic (exact) mass is 301 g/mol. The van der Waals surface area contributed by atoms with E-state index in [0.717, 1.165) is 11.1 Å². The zero-order valence-electron chi connectivity index (χ0n) is 12.8. The second-order valence-electron chi connectivity index (χ2n) is 5.67. The second-order valence-corrected chi connectivity index (χ2v) is 5.67. The average Bonchev–Trinajstić information content (AvgIpc) is 2.54. The van der Waals surface area contributed by atoms with Gasteiger partial charge in [-0.25, -0.2) is 4.79 Å².